The van der Waals surface area contributed by atoms with Crippen molar-refractivity contribution >= 4 is 112 Å². The second-order valence-corrected chi connectivity index (χ2v) is 22.5. The molecule has 16 aromatic rings. The molecule has 6 aromatic heterocycles. The number of para-hydroxylation sites is 2. The van der Waals surface area contributed by atoms with Gasteiger partial charge in [0, 0.05) is 83.4 Å². The van der Waals surface area contributed by atoms with Crippen LogP contribution in [0.3, 0.4) is 0 Å². The van der Waals surface area contributed by atoms with Crippen molar-refractivity contribution in [3.8, 4) is 56.9 Å². The number of benzene rings is 10. The fourth-order valence-corrected chi connectivity index (χ4v) is 11.3. The first kappa shape index (κ1) is 52.5. The smallest absolute Gasteiger partial charge is 0.456 e. The van der Waals surface area contributed by atoms with E-state index in [1.54, 1.807) is 0 Å². The molecule has 0 N–H and O–H groups in total. The molecule has 0 atom stereocenters. The zero-order valence-corrected chi connectivity index (χ0v) is 47.8. The largest absolute Gasteiger partial charge is 0.534 e. The molecule has 0 saturated carbocycles. The second-order valence-electron chi connectivity index (χ2n) is 22.1. The Morgan fingerprint density at radius 2 is 0.616 bits per heavy atom. The Bertz CT molecular complexity index is 5100. The van der Waals surface area contributed by atoms with Crippen LogP contribution in [0, 0.1) is 0 Å². The maximum absolute atomic E-state index is 6.36. The van der Waals surface area contributed by atoms with Crippen LogP contribution < -0.4 is 5.72 Å². The van der Waals surface area contributed by atoms with Gasteiger partial charge in [0.05, 0.1) is 11.2 Å². The monoisotopic (exact) mass is 1140 g/mol. The molecular formula is C72H52BClN6O6. The summed E-state index contributed by atoms with van der Waals surface area (Å²) >= 11 is 6.06. The molecule has 1 aliphatic rings. The lowest BCUT2D eigenvalue weighted by Crippen LogP contribution is -2.41. The van der Waals surface area contributed by atoms with Gasteiger partial charge in [-0.3, -0.25) is 0 Å². The van der Waals surface area contributed by atoms with Gasteiger partial charge in [-0.05, 0) is 88.4 Å². The first-order valence-electron chi connectivity index (χ1n) is 28.3. The van der Waals surface area contributed by atoms with E-state index in [-0.39, 0.29) is 1.43 Å². The van der Waals surface area contributed by atoms with Crippen molar-refractivity contribution in [2.75, 3.05) is 0 Å². The lowest BCUT2D eigenvalue weighted by atomic mass is 9.89. The summed E-state index contributed by atoms with van der Waals surface area (Å²) in [5, 5.41) is 9.27. The Balaban J connectivity index is 0.000000120. The molecule has 416 valence electrons. The van der Waals surface area contributed by atoms with Crippen LogP contribution in [0.4, 0.5) is 0 Å². The number of furan rings is 4. The third-order valence-corrected chi connectivity index (χ3v) is 16.3. The van der Waals surface area contributed by atoms with Crippen molar-refractivity contribution in [1.29, 1.82) is 0 Å². The molecule has 0 bridgehead atoms. The number of rotatable bonds is 6. The molecule has 0 amide bonds. The van der Waals surface area contributed by atoms with Crippen molar-refractivity contribution < 1.29 is 28.4 Å². The van der Waals surface area contributed by atoms with E-state index in [2.05, 4.69) is 39.2 Å². The molecule has 86 heavy (non-hydrogen) atoms. The van der Waals surface area contributed by atoms with Gasteiger partial charge < -0.3 is 27.0 Å². The van der Waals surface area contributed by atoms with Crippen LogP contribution in [-0.2, 0) is 9.31 Å². The number of hydrogen-bond acceptors (Lipinski definition) is 12. The summed E-state index contributed by atoms with van der Waals surface area (Å²) in [4.78, 5) is 28.6. The van der Waals surface area contributed by atoms with Crippen molar-refractivity contribution in [3.05, 3.63) is 236 Å². The first-order chi connectivity index (χ1) is 42.0. The number of halogens is 1. The van der Waals surface area contributed by atoms with Gasteiger partial charge >= 0.3 is 7.12 Å². The molecule has 1 saturated heterocycles. The Labute approximate surface area is 499 Å². The first-order valence-corrected chi connectivity index (χ1v) is 28.6. The van der Waals surface area contributed by atoms with Crippen molar-refractivity contribution in [2.24, 2.45) is 0 Å². The SMILES string of the molecule is CC1(C)OB(c2nc(-c3ccccc3)nc(-c3ccccc3)n2)OC1(C)C.Clc1ccc2c(c1)oc1ccc3oc4ccccc4c3c12.[2HH].c1ccc(-c2nc(-c3ccccc3)nc(-c3ccc4c(c3)oc3ccc5oc6ccccc6c5c34)n2)cc1. The summed E-state index contributed by atoms with van der Waals surface area (Å²) in [6.07, 6.45) is 0. The molecule has 14 heteroatoms. The molecule has 17 rings (SSSR count). The van der Waals surface area contributed by atoms with Crippen LogP contribution >= 0.6 is 11.6 Å². The molecule has 1 fully saturated rings. The number of hydrogen-bond donors (Lipinski definition) is 0. The molecule has 7 heterocycles. The minimum Gasteiger partial charge on any atom is -0.456 e. The van der Waals surface area contributed by atoms with E-state index in [1.165, 1.54) is 0 Å². The van der Waals surface area contributed by atoms with Gasteiger partial charge in [-0.25, -0.2) is 29.9 Å². The lowest BCUT2D eigenvalue weighted by molar-refractivity contribution is 0.00578. The average molecular weight is 1140 g/mol. The third-order valence-electron chi connectivity index (χ3n) is 16.1. The van der Waals surface area contributed by atoms with Crippen LogP contribution in [0.15, 0.2) is 248 Å². The summed E-state index contributed by atoms with van der Waals surface area (Å²) in [6, 6.07) is 75.7. The van der Waals surface area contributed by atoms with Gasteiger partial charge in [0.15, 0.2) is 34.8 Å². The topological polar surface area (TPSA) is 148 Å². The predicted octanol–water partition coefficient (Wildman–Crippen LogP) is 18.6. The standard InChI is InChI=1S/C33H19N3O2.C21H22BN3O2.C18H9ClO2.H2/c1-3-9-20(10-4-1)31-34-32(21-11-5-2-6-12-21)36-33(35-31)22-15-16-24-28(19-22)38-27-18-17-26-29(30(24)27)23-13-7-8-14-25(23)37-26;1-20(2)21(3,4)27-22(26-20)19-24-17(15-11-7-5-8-12-15)23-18(25-19)16-13-9-6-10-14-16;19-10-5-6-12-16(9-10)21-15-8-7-14-17(18(12)15)11-3-1-2-4-13(11)20-14;/h1-19H;5-14H,1-4H3;1-9H;1H/i;;;1+1. The van der Waals surface area contributed by atoms with Gasteiger partial charge in [-0.15, -0.1) is 0 Å². The molecule has 12 nitrogen and oxygen atoms in total. The van der Waals surface area contributed by atoms with E-state index in [0.717, 1.165) is 116 Å². The maximum Gasteiger partial charge on any atom is 0.534 e. The number of aromatic nitrogens is 6. The fourth-order valence-electron chi connectivity index (χ4n) is 11.1. The van der Waals surface area contributed by atoms with E-state index in [1.807, 2.05) is 234 Å². The van der Waals surface area contributed by atoms with Gasteiger partial charge in [0.1, 0.15) is 44.7 Å². The Kier molecular flexibility index (Phi) is 12.9. The minimum atomic E-state index is -0.636. The van der Waals surface area contributed by atoms with Crippen LogP contribution in [0.5, 0.6) is 0 Å². The lowest BCUT2D eigenvalue weighted by Gasteiger charge is -2.32. The summed E-state index contributed by atoms with van der Waals surface area (Å²) in [6.45, 7) is 8.07. The van der Waals surface area contributed by atoms with Gasteiger partial charge in [-0.1, -0.05) is 175 Å². The predicted molar refractivity (Wildman–Crippen MR) is 345 cm³/mol. The highest BCUT2D eigenvalue weighted by molar-refractivity contribution is 6.60. The zero-order valence-electron chi connectivity index (χ0n) is 47.0. The molecule has 0 spiro atoms. The van der Waals surface area contributed by atoms with E-state index in [9.17, 15) is 0 Å². The molecular weight excluding hydrogens is 1090 g/mol. The van der Waals surface area contributed by atoms with Crippen LogP contribution in [0.2, 0.25) is 5.02 Å². The number of fused-ring (bicyclic) bond motifs is 14. The zero-order chi connectivity index (χ0) is 58.1. The second kappa shape index (κ2) is 21.1. The van der Waals surface area contributed by atoms with Crippen LogP contribution in [-0.4, -0.2) is 48.2 Å². The van der Waals surface area contributed by atoms with Crippen molar-refractivity contribution in [1.82, 2.24) is 29.9 Å². The Morgan fingerprint density at radius 3 is 1.02 bits per heavy atom. The fraction of sp³-hybridized carbons (Fsp3) is 0.0833. The van der Waals surface area contributed by atoms with Crippen LogP contribution in [0.1, 0.15) is 29.1 Å². The van der Waals surface area contributed by atoms with E-state index < -0.39 is 18.3 Å². The molecule has 10 aromatic carbocycles. The van der Waals surface area contributed by atoms with Gasteiger partial charge in [0.25, 0.3) is 0 Å². The highest BCUT2D eigenvalue weighted by Crippen LogP contribution is 2.43. The molecule has 0 radical (unpaired) electrons. The Hall–Kier alpha value is -10.3. The summed E-state index contributed by atoms with van der Waals surface area (Å²) < 4.78 is 36.7. The highest BCUT2D eigenvalue weighted by Gasteiger charge is 2.53. The maximum atomic E-state index is 6.36. The molecule has 0 aliphatic carbocycles. The number of nitrogens with zero attached hydrogens (tertiary/aromatic N) is 6. The van der Waals surface area contributed by atoms with E-state index in [4.69, 9.17) is 53.5 Å². The van der Waals surface area contributed by atoms with Crippen molar-refractivity contribution in [3.63, 3.8) is 0 Å². The summed E-state index contributed by atoms with van der Waals surface area (Å²) in [7, 11) is -0.636. The van der Waals surface area contributed by atoms with Gasteiger partial charge in [0.2, 0.25) is 0 Å². The minimum absolute atomic E-state index is 0. The Morgan fingerprint density at radius 1 is 0.302 bits per heavy atom. The summed E-state index contributed by atoms with van der Waals surface area (Å²) in [5.41, 5.74) is 10.9. The van der Waals surface area contributed by atoms with E-state index in [0.29, 0.717) is 39.9 Å². The van der Waals surface area contributed by atoms with Gasteiger partial charge in [-0.2, -0.15) is 0 Å². The quantitative estimate of drug-likeness (QED) is 0.146. The highest BCUT2D eigenvalue weighted by atomic mass is 35.5. The average Bonchev–Trinajstić information content (AvgIpc) is 1.73. The van der Waals surface area contributed by atoms with E-state index >= 15 is 0 Å². The van der Waals surface area contributed by atoms with Crippen molar-refractivity contribution in [2.45, 2.75) is 38.9 Å². The van der Waals surface area contributed by atoms with Crippen LogP contribution in [0.25, 0.3) is 145 Å². The third kappa shape index (κ3) is 9.48. The molecule has 0 unspecified atom stereocenters. The normalized spacial score (nSPS) is 13.7. The molecule has 1 aliphatic heterocycles. The summed E-state index contributed by atoms with van der Waals surface area (Å²) in [5.74, 6) is 3.07.